The van der Waals surface area contributed by atoms with Crippen LogP contribution in [0, 0.1) is 13.8 Å². The third-order valence-corrected chi connectivity index (χ3v) is 5.17. The number of aryl methyl sites for hydroxylation is 2. The first-order chi connectivity index (χ1) is 12.1. The van der Waals surface area contributed by atoms with E-state index < -0.39 is 0 Å². The van der Waals surface area contributed by atoms with Gasteiger partial charge in [-0.15, -0.1) is 12.4 Å². The van der Waals surface area contributed by atoms with Gasteiger partial charge in [0.05, 0.1) is 5.69 Å². The van der Waals surface area contributed by atoms with Crippen molar-refractivity contribution in [3.8, 4) is 0 Å². The van der Waals surface area contributed by atoms with E-state index in [4.69, 9.17) is 0 Å². The molecule has 0 spiro atoms. The number of benzene rings is 1. The van der Waals surface area contributed by atoms with Gasteiger partial charge in [-0.3, -0.25) is 9.48 Å². The van der Waals surface area contributed by atoms with Crippen LogP contribution >= 0.6 is 12.4 Å². The van der Waals surface area contributed by atoms with Gasteiger partial charge in [-0.2, -0.15) is 5.10 Å². The van der Waals surface area contributed by atoms with Crippen molar-refractivity contribution in [3.05, 3.63) is 52.3 Å². The van der Waals surface area contributed by atoms with Crippen molar-refractivity contribution >= 4 is 18.3 Å². The molecule has 1 saturated heterocycles. The zero-order chi connectivity index (χ0) is 17.8. The predicted octanol–water partition coefficient (Wildman–Crippen LogP) is 2.99. The van der Waals surface area contributed by atoms with Crippen molar-refractivity contribution in [2.45, 2.75) is 46.1 Å². The van der Waals surface area contributed by atoms with Gasteiger partial charge in [0.25, 0.3) is 5.91 Å². The molecule has 6 heteroatoms. The Morgan fingerprint density at radius 2 is 2.19 bits per heavy atom. The second-order valence-corrected chi connectivity index (χ2v) is 6.79. The SMILES string of the molecule is CCn1nc(C)c(CCNC(=O)c2cccc(C3CCNC3)c2)c1C.Cl. The zero-order valence-corrected chi connectivity index (χ0v) is 16.7. The van der Waals surface area contributed by atoms with E-state index in [1.807, 2.05) is 29.8 Å². The quantitative estimate of drug-likeness (QED) is 0.814. The molecule has 2 heterocycles. The molecule has 0 aliphatic carbocycles. The topological polar surface area (TPSA) is 59.0 Å². The van der Waals surface area contributed by atoms with Crippen LogP contribution in [0.5, 0.6) is 0 Å². The summed E-state index contributed by atoms with van der Waals surface area (Å²) in [5.74, 6) is 0.531. The molecule has 1 atom stereocenters. The number of amides is 1. The normalized spacial score (nSPS) is 16.3. The highest BCUT2D eigenvalue weighted by atomic mass is 35.5. The summed E-state index contributed by atoms with van der Waals surface area (Å²) in [7, 11) is 0. The molecule has 142 valence electrons. The van der Waals surface area contributed by atoms with Gasteiger partial charge in [0.2, 0.25) is 0 Å². The van der Waals surface area contributed by atoms with Gasteiger partial charge < -0.3 is 10.6 Å². The van der Waals surface area contributed by atoms with Crippen LogP contribution in [0.2, 0.25) is 0 Å². The molecule has 1 aromatic carbocycles. The van der Waals surface area contributed by atoms with Gasteiger partial charge >= 0.3 is 0 Å². The molecule has 2 N–H and O–H groups in total. The number of nitrogens with one attached hydrogen (secondary N) is 2. The number of carbonyl (C=O) groups is 1. The predicted molar refractivity (Wildman–Crippen MR) is 107 cm³/mol. The second-order valence-electron chi connectivity index (χ2n) is 6.79. The molecule has 1 fully saturated rings. The monoisotopic (exact) mass is 376 g/mol. The fourth-order valence-corrected chi connectivity index (χ4v) is 3.68. The summed E-state index contributed by atoms with van der Waals surface area (Å²) in [6, 6.07) is 8.05. The standard InChI is InChI=1S/C20H28N4O.ClH/c1-4-24-15(3)19(14(2)23-24)9-11-22-20(25)17-7-5-6-16(12-17)18-8-10-21-13-18;/h5-7,12,18,21H,4,8-11,13H2,1-3H3,(H,22,25);1H. The number of hydrogen-bond donors (Lipinski definition) is 2. The van der Waals surface area contributed by atoms with Crippen LogP contribution in [0.15, 0.2) is 24.3 Å². The maximum absolute atomic E-state index is 12.5. The van der Waals surface area contributed by atoms with Crippen LogP contribution < -0.4 is 10.6 Å². The van der Waals surface area contributed by atoms with Crippen molar-refractivity contribution in [1.82, 2.24) is 20.4 Å². The van der Waals surface area contributed by atoms with Crippen LogP contribution in [0.1, 0.15) is 52.1 Å². The maximum Gasteiger partial charge on any atom is 0.251 e. The Morgan fingerprint density at radius 1 is 1.38 bits per heavy atom. The average Bonchev–Trinajstić information content (AvgIpc) is 3.25. The largest absolute Gasteiger partial charge is 0.352 e. The molecule has 26 heavy (non-hydrogen) atoms. The fourth-order valence-electron chi connectivity index (χ4n) is 3.68. The van der Waals surface area contributed by atoms with Crippen molar-refractivity contribution in [1.29, 1.82) is 0 Å². The highest BCUT2D eigenvalue weighted by Gasteiger charge is 2.18. The minimum Gasteiger partial charge on any atom is -0.352 e. The second kappa shape index (κ2) is 9.19. The summed E-state index contributed by atoms with van der Waals surface area (Å²) in [4.78, 5) is 12.5. The molecular formula is C20H29ClN4O. The molecular weight excluding hydrogens is 348 g/mol. The molecule has 1 aliphatic heterocycles. The van der Waals surface area contributed by atoms with Gasteiger partial charge in [-0.25, -0.2) is 0 Å². The summed E-state index contributed by atoms with van der Waals surface area (Å²) < 4.78 is 2.02. The number of rotatable bonds is 6. The third kappa shape index (κ3) is 4.46. The lowest BCUT2D eigenvalue weighted by atomic mass is 9.96. The molecule has 5 nitrogen and oxygen atoms in total. The van der Waals surface area contributed by atoms with E-state index in [2.05, 4.69) is 35.6 Å². The first-order valence-corrected chi connectivity index (χ1v) is 9.22. The summed E-state index contributed by atoms with van der Waals surface area (Å²) >= 11 is 0. The van der Waals surface area contributed by atoms with E-state index in [1.165, 1.54) is 16.8 Å². The summed E-state index contributed by atoms with van der Waals surface area (Å²) in [5.41, 5.74) is 5.51. The Bertz CT molecular complexity index is 750. The lowest BCUT2D eigenvalue weighted by molar-refractivity contribution is 0.0954. The molecule has 0 radical (unpaired) electrons. The number of nitrogens with zero attached hydrogens (tertiary/aromatic N) is 2. The van der Waals surface area contributed by atoms with Gasteiger partial charge in [-0.05, 0) is 69.3 Å². The summed E-state index contributed by atoms with van der Waals surface area (Å²) in [6.45, 7) is 9.80. The molecule has 1 unspecified atom stereocenters. The molecule has 1 aromatic heterocycles. The molecule has 1 amide bonds. The van der Waals surface area contributed by atoms with Gasteiger partial charge in [-0.1, -0.05) is 12.1 Å². The van der Waals surface area contributed by atoms with E-state index in [1.54, 1.807) is 0 Å². The van der Waals surface area contributed by atoms with Crippen LogP contribution in [0.4, 0.5) is 0 Å². The molecule has 0 saturated carbocycles. The van der Waals surface area contributed by atoms with Crippen LogP contribution in [-0.2, 0) is 13.0 Å². The molecule has 2 aromatic rings. The Balaban J connectivity index is 0.00000243. The van der Waals surface area contributed by atoms with Crippen molar-refractivity contribution < 1.29 is 4.79 Å². The molecule has 3 rings (SSSR count). The van der Waals surface area contributed by atoms with Gasteiger partial charge in [0, 0.05) is 30.9 Å². The Hall–Kier alpha value is -1.85. The Kier molecular flexibility index (Phi) is 7.23. The van der Waals surface area contributed by atoms with E-state index in [9.17, 15) is 4.79 Å². The highest BCUT2D eigenvalue weighted by Crippen LogP contribution is 2.23. The first-order valence-electron chi connectivity index (χ1n) is 9.22. The number of hydrogen-bond acceptors (Lipinski definition) is 3. The zero-order valence-electron chi connectivity index (χ0n) is 15.8. The van der Waals surface area contributed by atoms with Crippen LogP contribution in [0.3, 0.4) is 0 Å². The lowest BCUT2D eigenvalue weighted by Gasteiger charge is -2.11. The van der Waals surface area contributed by atoms with E-state index in [0.717, 1.165) is 43.7 Å². The summed E-state index contributed by atoms with van der Waals surface area (Å²) in [5, 5.41) is 11.0. The molecule has 1 aliphatic rings. The number of aromatic nitrogens is 2. The summed E-state index contributed by atoms with van der Waals surface area (Å²) in [6.07, 6.45) is 1.96. The lowest BCUT2D eigenvalue weighted by Crippen LogP contribution is -2.26. The van der Waals surface area contributed by atoms with E-state index in [-0.39, 0.29) is 18.3 Å². The number of carbonyl (C=O) groups excluding carboxylic acids is 1. The Labute approximate surface area is 162 Å². The minimum atomic E-state index is 0. The van der Waals surface area contributed by atoms with Gasteiger partial charge in [0.15, 0.2) is 0 Å². The maximum atomic E-state index is 12.5. The minimum absolute atomic E-state index is 0. The third-order valence-electron chi connectivity index (χ3n) is 5.17. The van der Waals surface area contributed by atoms with Crippen molar-refractivity contribution in [3.63, 3.8) is 0 Å². The first kappa shape index (κ1) is 20.5. The number of halogens is 1. The highest BCUT2D eigenvalue weighted by molar-refractivity contribution is 5.94. The smallest absolute Gasteiger partial charge is 0.251 e. The average molecular weight is 377 g/mol. The van der Waals surface area contributed by atoms with Crippen molar-refractivity contribution in [2.24, 2.45) is 0 Å². The van der Waals surface area contributed by atoms with Crippen LogP contribution in [-0.4, -0.2) is 35.3 Å². The van der Waals surface area contributed by atoms with Gasteiger partial charge in [0.1, 0.15) is 0 Å². The van der Waals surface area contributed by atoms with E-state index in [0.29, 0.717) is 12.5 Å². The van der Waals surface area contributed by atoms with Crippen molar-refractivity contribution in [2.75, 3.05) is 19.6 Å². The Morgan fingerprint density at radius 3 is 2.85 bits per heavy atom. The van der Waals surface area contributed by atoms with E-state index >= 15 is 0 Å². The fraction of sp³-hybridized carbons (Fsp3) is 0.500. The molecule has 0 bridgehead atoms. The van der Waals surface area contributed by atoms with Crippen LogP contribution in [0.25, 0.3) is 0 Å².